The lowest BCUT2D eigenvalue weighted by molar-refractivity contribution is -0.115. The van der Waals surface area contributed by atoms with Crippen molar-refractivity contribution >= 4 is 17.8 Å². The van der Waals surface area contributed by atoms with Gasteiger partial charge >= 0.3 is 0 Å². The van der Waals surface area contributed by atoms with Crippen LogP contribution in [-0.2, 0) is 17.6 Å². The molecule has 134 valence electrons. The molecule has 5 nitrogen and oxygen atoms in total. The summed E-state index contributed by atoms with van der Waals surface area (Å²) in [5, 5.41) is 2.84. The molecular formula is C21H22N2O3. The van der Waals surface area contributed by atoms with Crippen molar-refractivity contribution < 1.29 is 14.3 Å². The van der Waals surface area contributed by atoms with E-state index in [1.165, 1.54) is 0 Å². The van der Waals surface area contributed by atoms with Gasteiger partial charge in [-0.3, -0.25) is 4.79 Å². The number of amidine groups is 1. The number of rotatable bonds is 6. The van der Waals surface area contributed by atoms with Gasteiger partial charge in [0.25, 0.3) is 5.91 Å². The van der Waals surface area contributed by atoms with Gasteiger partial charge in [-0.25, -0.2) is 4.99 Å². The Bertz CT molecular complexity index is 867. The van der Waals surface area contributed by atoms with Gasteiger partial charge in [-0.2, -0.15) is 0 Å². The van der Waals surface area contributed by atoms with E-state index >= 15 is 0 Å². The molecular weight excluding hydrogens is 328 g/mol. The van der Waals surface area contributed by atoms with Crippen molar-refractivity contribution in [3.8, 4) is 11.5 Å². The average Bonchev–Trinajstić information content (AvgIpc) is 3.01. The Morgan fingerprint density at radius 1 is 1.08 bits per heavy atom. The van der Waals surface area contributed by atoms with E-state index < -0.39 is 0 Å². The first-order valence-corrected chi connectivity index (χ1v) is 8.53. The summed E-state index contributed by atoms with van der Waals surface area (Å²) < 4.78 is 10.5. The number of carbonyl (C=O) groups is 1. The summed E-state index contributed by atoms with van der Waals surface area (Å²) >= 11 is 0. The molecule has 0 unspecified atom stereocenters. The number of aryl methyl sites for hydroxylation is 1. The summed E-state index contributed by atoms with van der Waals surface area (Å²) in [6.07, 6.45) is 3.23. The Hall–Kier alpha value is -3.08. The monoisotopic (exact) mass is 350 g/mol. The van der Waals surface area contributed by atoms with E-state index in [9.17, 15) is 4.79 Å². The fourth-order valence-electron chi connectivity index (χ4n) is 2.86. The largest absolute Gasteiger partial charge is 0.497 e. The molecule has 0 bridgehead atoms. The van der Waals surface area contributed by atoms with Crippen LogP contribution < -0.4 is 14.8 Å². The zero-order chi connectivity index (χ0) is 18.5. The topological polar surface area (TPSA) is 59.9 Å². The highest BCUT2D eigenvalue weighted by atomic mass is 16.5. The number of hydrogen-bond donors (Lipinski definition) is 1. The smallest absolute Gasteiger partial charge is 0.275 e. The number of amides is 1. The van der Waals surface area contributed by atoms with Crippen LogP contribution >= 0.6 is 0 Å². The van der Waals surface area contributed by atoms with Crippen molar-refractivity contribution in [3.63, 3.8) is 0 Å². The van der Waals surface area contributed by atoms with Crippen molar-refractivity contribution in [2.24, 2.45) is 4.99 Å². The maximum absolute atomic E-state index is 12.2. The SMILES string of the molecule is CCc1cc(/C=C2/N=C(Cc3ccc(OC)cc3)NC2=O)ccc1OC. The Balaban J connectivity index is 1.79. The lowest BCUT2D eigenvalue weighted by Crippen LogP contribution is -2.25. The van der Waals surface area contributed by atoms with Crippen LogP contribution in [0.4, 0.5) is 0 Å². The third-order valence-electron chi connectivity index (χ3n) is 4.27. The quantitative estimate of drug-likeness (QED) is 0.813. The van der Waals surface area contributed by atoms with Crippen molar-refractivity contribution in [1.29, 1.82) is 0 Å². The number of nitrogens with one attached hydrogen (secondary N) is 1. The van der Waals surface area contributed by atoms with E-state index in [4.69, 9.17) is 9.47 Å². The average molecular weight is 350 g/mol. The molecule has 3 rings (SSSR count). The maximum Gasteiger partial charge on any atom is 0.275 e. The zero-order valence-electron chi connectivity index (χ0n) is 15.2. The molecule has 1 amide bonds. The van der Waals surface area contributed by atoms with Crippen LogP contribution in [0.5, 0.6) is 11.5 Å². The van der Waals surface area contributed by atoms with Crippen molar-refractivity contribution in [3.05, 3.63) is 64.9 Å². The van der Waals surface area contributed by atoms with Gasteiger partial charge in [0.05, 0.1) is 14.2 Å². The van der Waals surface area contributed by atoms with E-state index in [1.807, 2.05) is 42.5 Å². The van der Waals surface area contributed by atoms with Gasteiger partial charge in [-0.1, -0.05) is 25.1 Å². The van der Waals surface area contributed by atoms with Gasteiger partial charge in [-0.05, 0) is 53.5 Å². The van der Waals surface area contributed by atoms with Gasteiger partial charge in [0.15, 0.2) is 0 Å². The second-order valence-corrected chi connectivity index (χ2v) is 5.99. The molecule has 0 spiro atoms. The lowest BCUT2D eigenvalue weighted by atomic mass is 10.1. The molecule has 2 aromatic carbocycles. The Morgan fingerprint density at radius 3 is 2.50 bits per heavy atom. The fourth-order valence-corrected chi connectivity index (χ4v) is 2.86. The highest BCUT2D eigenvalue weighted by Crippen LogP contribution is 2.23. The maximum atomic E-state index is 12.2. The molecule has 0 saturated heterocycles. The third-order valence-corrected chi connectivity index (χ3v) is 4.27. The fraction of sp³-hybridized carbons (Fsp3) is 0.238. The van der Waals surface area contributed by atoms with Crippen LogP contribution in [0.15, 0.2) is 53.2 Å². The molecule has 0 aliphatic carbocycles. The predicted octanol–water partition coefficient (Wildman–Crippen LogP) is 3.38. The van der Waals surface area contributed by atoms with Gasteiger partial charge in [0.1, 0.15) is 23.0 Å². The van der Waals surface area contributed by atoms with E-state index in [1.54, 1.807) is 20.3 Å². The Kier molecular flexibility index (Phi) is 5.37. The van der Waals surface area contributed by atoms with E-state index in [-0.39, 0.29) is 5.91 Å². The van der Waals surface area contributed by atoms with Crippen LogP contribution in [0.25, 0.3) is 6.08 Å². The number of aliphatic imine (C=N–C) groups is 1. The summed E-state index contributed by atoms with van der Waals surface area (Å²) in [5.74, 6) is 2.13. The van der Waals surface area contributed by atoms with Gasteiger partial charge < -0.3 is 14.8 Å². The molecule has 0 fully saturated rings. The number of hydrogen-bond acceptors (Lipinski definition) is 4. The second kappa shape index (κ2) is 7.87. The summed E-state index contributed by atoms with van der Waals surface area (Å²) in [7, 11) is 3.29. The highest BCUT2D eigenvalue weighted by molar-refractivity contribution is 6.14. The van der Waals surface area contributed by atoms with E-state index in [2.05, 4.69) is 17.2 Å². The molecule has 1 aliphatic heterocycles. The van der Waals surface area contributed by atoms with Crippen LogP contribution in [0.3, 0.4) is 0 Å². The minimum absolute atomic E-state index is 0.178. The first-order chi connectivity index (χ1) is 12.6. The summed E-state index contributed by atoms with van der Waals surface area (Å²) in [5.41, 5.74) is 3.51. The van der Waals surface area contributed by atoms with Gasteiger partial charge in [0, 0.05) is 6.42 Å². The summed E-state index contributed by atoms with van der Waals surface area (Å²) in [6.45, 7) is 2.07. The van der Waals surface area contributed by atoms with Crippen LogP contribution in [0.2, 0.25) is 0 Å². The molecule has 1 N–H and O–H groups in total. The first kappa shape index (κ1) is 17.7. The van der Waals surface area contributed by atoms with Crippen LogP contribution in [0, 0.1) is 0 Å². The molecule has 26 heavy (non-hydrogen) atoms. The summed E-state index contributed by atoms with van der Waals surface area (Å²) in [6, 6.07) is 13.6. The molecule has 5 heteroatoms. The van der Waals surface area contributed by atoms with E-state index in [0.717, 1.165) is 34.6 Å². The number of carbonyl (C=O) groups excluding carboxylic acids is 1. The van der Waals surface area contributed by atoms with Crippen molar-refractivity contribution in [1.82, 2.24) is 5.32 Å². The minimum Gasteiger partial charge on any atom is -0.497 e. The van der Waals surface area contributed by atoms with Gasteiger partial charge in [-0.15, -0.1) is 0 Å². The van der Waals surface area contributed by atoms with Crippen molar-refractivity contribution in [2.75, 3.05) is 14.2 Å². The molecule has 0 saturated carbocycles. The molecule has 2 aromatic rings. The number of methoxy groups -OCH3 is 2. The summed E-state index contributed by atoms with van der Waals surface area (Å²) in [4.78, 5) is 16.7. The minimum atomic E-state index is -0.178. The van der Waals surface area contributed by atoms with Crippen molar-refractivity contribution in [2.45, 2.75) is 19.8 Å². The van der Waals surface area contributed by atoms with Crippen LogP contribution in [0.1, 0.15) is 23.6 Å². The normalized spacial score (nSPS) is 15.0. The molecule has 1 aliphatic rings. The third kappa shape index (κ3) is 3.94. The standard InChI is InChI=1S/C21H22N2O3/c1-4-16-11-15(7-10-19(16)26-3)12-18-21(24)23-20(22-18)13-14-5-8-17(25-2)9-6-14/h5-12H,4,13H2,1-3H3,(H,22,23,24)/b18-12+. The highest BCUT2D eigenvalue weighted by Gasteiger charge is 2.20. The lowest BCUT2D eigenvalue weighted by Gasteiger charge is -2.07. The zero-order valence-corrected chi connectivity index (χ0v) is 15.2. The molecule has 0 radical (unpaired) electrons. The van der Waals surface area contributed by atoms with Gasteiger partial charge in [0.2, 0.25) is 0 Å². The van der Waals surface area contributed by atoms with Crippen LogP contribution in [-0.4, -0.2) is 26.0 Å². The number of benzene rings is 2. The van der Waals surface area contributed by atoms with E-state index in [0.29, 0.717) is 18.0 Å². The number of nitrogens with zero attached hydrogens (tertiary/aromatic N) is 1. The molecule has 1 heterocycles. The Labute approximate surface area is 153 Å². The number of ether oxygens (including phenoxy) is 2. The second-order valence-electron chi connectivity index (χ2n) is 5.99. The Morgan fingerprint density at radius 2 is 1.85 bits per heavy atom. The first-order valence-electron chi connectivity index (χ1n) is 8.53. The predicted molar refractivity (Wildman–Crippen MR) is 103 cm³/mol. The molecule has 0 aromatic heterocycles. The molecule has 0 atom stereocenters.